The molecular weight excluding hydrogens is 342 g/mol. The average molecular weight is 363 g/mol. The molecule has 138 valence electrons. The Morgan fingerprint density at radius 3 is 1.96 bits per heavy atom. The summed E-state index contributed by atoms with van der Waals surface area (Å²) in [6.45, 7) is 1.75. The Bertz CT molecular complexity index is 834. The van der Waals surface area contributed by atoms with Crippen LogP contribution in [0.5, 0.6) is 0 Å². The highest BCUT2D eigenvalue weighted by atomic mass is 16.6. The molecule has 0 saturated carbocycles. The van der Waals surface area contributed by atoms with Gasteiger partial charge in [-0.05, 0) is 30.2 Å². The van der Waals surface area contributed by atoms with Crippen molar-refractivity contribution < 1.29 is 19.1 Å². The van der Waals surface area contributed by atoms with E-state index >= 15 is 0 Å². The van der Waals surface area contributed by atoms with E-state index in [1.54, 1.807) is 18.3 Å². The minimum Gasteiger partial charge on any atom is -0.455 e. The van der Waals surface area contributed by atoms with Crippen molar-refractivity contribution in [1.82, 2.24) is 4.98 Å². The summed E-state index contributed by atoms with van der Waals surface area (Å²) in [6, 6.07) is 21.7. The Morgan fingerprint density at radius 2 is 1.48 bits per heavy atom. The fourth-order valence-corrected chi connectivity index (χ4v) is 3.00. The molecule has 0 aliphatic carbocycles. The molecule has 3 aromatic rings. The molecule has 0 aliphatic rings. The molecule has 0 atom stereocenters. The lowest BCUT2D eigenvalue weighted by molar-refractivity contribution is -0.167. The van der Waals surface area contributed by atoms with Crippen LogP contribution in [-0.4, -0.2) is 30.0 Å². The number of rotatable bonds is 8. The highest BCUT2D eigenvalue weighted by molar-refractivity contribution is 5.97. The lowest BCUT2D eigenvalue weighted by atomic mass is 9.86. The van der Waals surface area contributed by atoms with Crippen LogP contribution in [-0.2, 0) is 19.9 Å². The number of carbonyl (C=O) groups is 2. The highest BCUT2D eigenvalue weighted by Crippen LogP contribution is 2.35. The lowest BCUT2D eigenvalue weighted by Crippen LogP contribution is -2.42. The van der Waals surface area contributed by atoms with Crippen LogP contribution in [0, 0.1) is 0 Å². The molecule has 5 heteroatoms. The summed E-state index contributed by atoms with van der Waals surface area (Å²) >= 11 is 0. The fraction of sp³-hybridized carbons (Fsp3) is 0.182. The monoisotopic (exact) mass is 363 g/mol. The molecule has 27 heavy (non-hydrogen) atoms. The second-order valence-corrected chi connectivity index (χ2v) is 5.93. The third kappa shape index (κ3) is 3.83. The molecule has 1 N–H and O–H groups in total. The summed E-state index contributed by atoms with van der Waals surface area (Å²) in [4.78, 5) is 28.3. The second-order valence-electron chi connectivity index (χ2n) is 5.93. The van der Waals surface area contributed by atoms with E-state index in [0.29, 0.717) is 23.4 Å². The van der Waals surface area contributed by atoms with E-state index in [9.17, 15) is 9.59 Å². The van der Waals surface area contributed by atoms with Gasteiger partial charge in [0.1, 0.15) is 0 Å². The molecule has 1 aromatic heterocycles. The third-order valence-corrected chi connectivity index (χ3v) is 4.24. The zero-order chi connectivity index (χ0) is 19.1. The van der Waals surface area contributed by atoms with Gasteiger partial charge in [0.05, 0.1) is 5.69 Å². The molecule has 5 nitrogen and oxygen atoms in total. The third-order valence-electron chi connectivity index (χ3n) is 4.24. The zero-order valence-corrected chi connectivity index (χ0v) is 15.1. The summed E-state index contributed by atoms with van der Waals surface area (Å²) in [5.74, 6) is -0.929. The van der Waals surface area contributed by atoms with Crippen LogP contribution in [0.25, 0.3) is 0 Å². The number of esters is 1. The predicted octanol–water partition coefficient (Wildman–Crippen LogP) is 3.72. The van der Waals surface area contributed by atoms with Gasteiger partial charge in [0.25, 0.3) is 0 Å². The van der Waals surface area contributed by atoms with Crippen molar-refractivity contribution in [3.8, 4) is 0 Å². The minimum absolute atomic E-state index is 0.295. The number of benzene rings is 2. The number of ketones is 1. The number of hydrogen-bond donors (Lipinski definition) is 1. The molecule has 3 rings (SSSR count). The van der Waals surface area contributed by atoms with E-state index in [4.69, 9.17) is 9.47 Å². The van der Waals surface area contributed by atoms with Crippen molar-refractivity contribution in [2.75, 3.05) is 13.2 Å². The molecule has 0 saturated heterocycles. The first-order chi connectivity index (χ1) is 13.2. The van der Waals surface area contributed by atoms with Crippen molar-refractivity contribution >= 4 is 11.8 Å². The zero-order valence-electron chi connectivity index (χ0n) is 15.1. The first kappa shape index (κ1) is 18.6. The van der Waals surface area contributed by atoms with Crippen molar-refractivity contribution in [3.63, 3.8) is 0 Å². The SMILES string of the molecule is CCOC(C(=O)OCC(=O)c1ccc[nH]1)(c1ccccc1)c1ccccc1. The first-order valence-electron chi connectivity index (χ1n) is 8.77. The molecule has 1 heterocycles. The van der Waals surface area contributed by atoms with Gasteiger partial charge in [0, 0.05) is 12.8 Å². The number of aromatic amines is 1. The van der Waals surface area contributed by atoms with Crippen molar-refractivity contribution in [2.24, 2.45) is 0 Å². The van der Waals surface area contributed by atoms with Gasteiger partial charge in [-0.2, -0.15) is 0 Å². The summed E-state index contributed by atoms with van der Waals surface area (Å²) in [5.41, 5.74) is 0.253. The molecule has 0 unspecified atom stereocenters. The average Bonchev–Trinajstić information content (AvgIpc) is 3.26. The quantitative estimate of drug-likeness (QED) is 0.489. The van der Waals surface area contributed by atoms with Gasteiger partial charge in [-0.1, -0.05) is 60.7 Å². The van der Waals surface area contributed by atoms with E-state index in [0.717, 1.165) is 0 Å². The van der Waals surface area contributed by atoms with Crippen LogP contribution in [0.2, 0.25) is 0 Å². The summed E-state index contributed by atoms with van der Waals surface area (Å²) < 4.78 is 11.4. The number of Topliss-reactive ketones (excluding diaryl/α,β-unsaturated/α-hetero) is 1. The van der Waals surface area contributed by atoms with Crippen molar-refractivity contribution in [2.45, 2.75) is 12.5 Å². The maximum atomic E-state index is 13.2. The van der Waals surface area contributed by atoms with E-state index in [1.165, 1.54) is 0 Å². The first-order valence-corrected chi connectivity index (χ1v) is 8.77. The largest absolute Gasteiger partial charge is 0.455 e. The van der Waals surface area contributed by atoms with Crippen molar-refractivity contribution in [3.05, 3.63) is 95.8 Å². The fourth-order valence-electron chi connectivity index (χ4n) is 3.00. The number of hydrogen-bond acceptors (Lipinski definition) is 4. The Kier molecular flexibility index (Phi) is 5.84. The topological polar surface area (TPSA) is 68.4 Å². The van der Waals surface area contributed by atoms with Crippen molar-refractivity contribution in [1.29, 1.82) is 0 Å². The molecule has 0 spiro atoms. The molecular formula is C22H21NO4. The van der Waals surface area contributed by atoms with Crippen LogP contribution in [0.15, 0.2) is 79.0 Å². The van der Waals surface area contributed by atoms with Crippen LogP contribution < -0.4 is 0 Å². The smallest absolute Gasteiger partial charge is 0.348 e. The number of carbonyl (C=O) groups excluding carboxylic acids is 2. The Morgan fingerprint density at radius 1 is 0.889 bits per heavy atom. The summed E-state index contributed by atoms with van der Waals surface area (Å²) in [5, 5.41) is 0. The van der Waals surface area contributed by atoms with Gasteiger partial charge in [-0.15, -0.1) is 0 Å². The van der Waals surface area contributed by atoms with E-state index in [-0.39, 0.29) is 12.4 Å². The Hall–Kier alpha value is -3.18. The molecule has 0 amide bonds. The number of H-pyrrole nitrogens is 1. The molecule has 0 bridgehead atoms. The van der Waals surface area contributed by atoms with Crippen LogP contribution in [0.3, 0.4) is 0 Å². The standard InChI is InChI=1S/C22H21NO4/c1-2-27-22(17-10-5-3-6-11-17,18-12-7-4-8-13-18)21(25)26-16-20(24)19-14-9-15-23-19/h3-15,23H,2,16H2,1H3. The van der Waals surface area contributed by atoms with E-state index < -0.39 is 11.6 Å². The minimum atomic E-state index is -1.44. The second kappa shape index (κ2) is 8.47. The maximum Gasteiger partial charge on any atom is 0.348 e. The van der Waals surface area contributed by atoms with E-state index in [2.05, 4.69) is 4.98 Å². The van der Waals surface area contributed by atoms with Gasteiger partial charge in [-0.3, -0.25) is 4.79 Å². The van der Waals surface area contributed by atoms with Gasteiger partial charge < -0.3 is 14.5 Å². The van der Waals surface area contributed by atoms with Crippen LogP contribution >= 0.6 is 0 Å². The molecule has 0 radical (unpaired) electrons. The van der Waals surface area contributed by atoms with Gasteiger partial charge in [-0.25, -0.2) is 4.79 Å². The van der Waals surface area contributed by atoms with Crippen LogP contribution in [0.1, 0.15) is 28.5 Å². The predicted molar refractivity (Wildman–Crippen MR) is 101 cm³/mol. The highest BCUT2D eigenvalue weighted by Gasteiger charge is 2.45. The maximum absolute atomic E-state index is 13.2. The number of ether oxygens (including phenoxy) is 2. The van der Waals surface area contributed by atoms with Gasteiger partial charge in [0.15, 0.2) is 6.61 Å². The Labute approximate surface area is 157 Å². The van der Waals surface area contributed by atoms with Gasteiger partial charge >= 0.3 is 5.97 Å². The molecule has 0 aliphatic heterocycles. The summed E-state index contributed by atoms with van der Waals surface area (Å²) in [7, 11) is 0. The van der Waals surface area contributed by atoms with Crippen LogP contribution in [0.4, 0.5) is 0 Å². The normalized spacial score (nSPS) is 11.1. The number of aromatic nitrogens is 1. The van der Waals surface area contributed by atoms with Gasteiger partial charge in [0.2, 0.25) is 11.4 Å². The Balaban J connectivity index is 1.96. The lowest BCUT2D eigenvalue weighted by Gasteiger charge is -2.32. The van der Waals surface area contributed by atoms with E-state index in [1.807, 2.05) is 67.6 Å². The molecule has 0 fully saturated rings. The molecule has 2 aromatic carbocycles. The summed E-state index contributed by atoms with van der Waals surface area (Å²) in [6.07, 6.45) is 1.65. The number of nitrogens with one attached hydrogen (secondary N) is 1.